The monoisotopic (exact) mass is 436 g/mol. The lowest BCUT2D eigenvalue weighted by Crippen LogP contribution is -2.34. The molecule has 0 heterocycles. The van der Waals surface area contributed by atoms with Gasteiger partial charge in [0.1, 0.15) is 30.5 Å². The Balaban J connectivity index is 1.43. The Kier molecular flexibility index (Phi) is 8.20. The average Bonchev–Trinajstić information content (AvgIpc) is 2.82. The summed E-state index contributed by atoms with van der Waals surface area (Å²) in [7, 11) is 0. The van der Waals surface area contributed by atoms with Crippen LogP contribution in [-0.4, -0.2) is 38.1 Å². The number of nitrogens with one attached hydrogen (secondary N) is 2. The first-order chi connectivity index (χ1) is 15.5. The largest absolute Gasteiger partial charge is 0.490 e. The molecule has 0 unspecified atom stereocenters. The van der Waals surface area contributed by atoms with Gasteiger partial charge in [-0.2, -0.15) is 0 Å². The van der Waals surface area contributed by atoms with Gasteiger partial charge in [-0.25, -0.2) is 4.39 Å². The van der Waals surface area contributed by atoms with E-state index in [0.717, 1.165) is 5.75 Å². The smallest absolute Gasteiger partial charge is 0.255 e. The molecule has 3 aromatic rings. The molecule has 2 N–H and O–H groups in total. The molecule has 166 valence electrons. The van der Waals surface area contributed by atoms with Crippen LogP contribution in [0.4, 0.5) is 4.39 Å². The fraction of sp³-hybridized carbons (Fsp3) is 0.200. The van der Waals surface area contributed by atoms with Crippen molar-refractivity contribution in [1.29, 1.82) is 0 Å². The molecule has 3 aromatic carbocycles. The van der Waals surface area contributed by atoms with Crippen molar-refractivity contribution >= 4 is 11.8 Å². The van der Waals surface area contributed by atoms with E-state index in [0.29, 0.717) is 23.5 Å². The summed E-state index contributed by atoms with van der Waals surface area (Å²) in [6, 6.07) is 20.6. The molecule has 0 aliphatic carbocycles. The molecule has 32 heavy (non-hydrogen) atoms. The third-order valence-electron chi connectivity index (χ3n) is 4.61. The molecule has 0 aliphatic rings. The molecule has 0 aromatic heterocycles. The first kappa shape index (κ1) is 22.8. The number of carbonyl (C=O) groups is 2. The summed E-state index contributed by atoms with van der Waals surface area (Å²) in [6.45, 7) is 2.66. The minimum absolute atomic E-state index is 0.202. The van der Waals surface area contributed by atoms with E-state index in [1.54, 1.807) is 43.3 Å². The summed E-state index contributed by atoms with van der Waals surface area (Å²) >= 11 is 0. The number of ether oxygens (including phenoxy) is 2. The number of amides is 2. The van der Waals surface area contributed by atoms with E-state index >= 15 is 0 Å². The molecule has 0 saturated carbocycles. The molecule has 0 fully saturated rings. The van der Waals surface area contributed by atoms with Crippen molar-refractivity contribution in [1.82, 2.24) is 10.6 Å². The van der Waals surface area contributed by atoms with Crippen molar-refractivity contribution in [3.63, 3.8) is 0 Å². The fourth-order valence-electron chi connectivity index (χ4n) is 2.89. The second-order valence-corrected chi connectivity index (χ2v) is 6.98. The van der Waals surface area contributed by atoms with E-state index in [9.17, 15) is 14.0 Å². The molecular formula is C25H25FN2O4. The average molecular weight is 436 g/mol. The molecule has 2 amide bonds. The molecule has 0 bridgehead atoms. The SMILES string of the molecule is Cc1ccc(C(=O)NCCNC(=O)c2ccccc2OCCOc2ccccc2)cc1F. The maximum atomic E-state index is 13.6. The molecule has 7 heteroatoms. The predicted octanol–water partition coefficient (Wildman–Crippen LogP) is 3.75. The second kappa shape index (κ2) is 11.5. The quantitative estimate of drug-likeness (QED) is 0.475. The molecule has 0 saturated heterocycles. The van der Waals surface area contributed by atoms with Crippen LogP contribution < -0.4 is 20.1 Å². The van der Waals surface area contributed by atoms with Crippen molar-refractivity contribution in [2.75, 3.05) is 26.3 Å². The van der Waals surface area contributed by atoms with Crippen LogP contribution >= 0.6 is 0 Å². The summed E-state index contributed by atoms with van der Waals surface area (Å²) in [4.78, 5) is 24.6. The molecule has 0 aliphatic heterocycles. The van der Waals surface area contributed by atoms with Gasteiger partial charge in [0.05, 0.1) is 5.56 Å². The van der Waals surface area contributed by atoms with Gasteiger partial charge in [0, 0.05) is 18.7 Å². The maximum absolute atomic E-state index is 13.6. The van der Waals surface area contributed by atoms with Crippen molar-refractivity contribution < 1.29 is 23.5 Å². The summed E-state index contributed by atoms with van der Waals surface area (Å²) in [5.74, 6) is 0.0376. The Hall–Kier alpha value is -3.87. The van der Waals surface area contributed by atoms with Crippen LogP contribution in [0.2, 0.25) is 0 Å². The lowest BCUT2D eigenvalue weighted by molar-refractivity contribution is 0.0924. The number of para-hydroxylation sites is 2. The van der Waals surface area contributed by atoms with Gasteiger partial charge in [-0.3, -0.25) is 9.59 Å². The first-order valence-electron chi connectivity index (χ1n) is 10.3. The molecule has 0 spiro atoms. The third-order valence-corrected chi connectivity index (χ3v) is 4.61. The molecule has 0 atom stereocenters. The van der Waals surface area contributed by atoms with E-state index in [1.165, 1.54) is 6.07 Å². The molecule has 0 radical (unpaired) electrons. The highest BCUT2D eigenvalue weighted by Gasteiger charge is 2.12. The van der Waals surface area contributed by atoms with Gasteiger partial charge in [-0.05, 0) is 48.9 Å². The van der Waals surface area contributed by atoms with Gasteiger partial charge < -0.3 is 20.1 Å². The Labute approximate surface area is 186 Å². The lowest BCUT2D eigenvalue weighted by Gasteiger charge is -2.12. The van der Waals surface area contributed by atoms with Gasteiger partial charge in [-0.1, -0.05) is 36.4 Å². The number of hydrogen-bond acceptors (Lipinski definition) is 4. The van der Waals surface area contributed by atoms with Crippen molar-refractivity contribution in [2.45, 2.75) is 6.92 Å². The highest BCUT2D eigenvalue weighted by Crippen LogP contribution is 2.18. The topological polar surface area (TPSA) is 76.7 Å². The summed E-state index contributed by atoms with van der Waals surface area (Å²) in [5.41, 5.74) is 1.09. The summed E-state index contributed by atoms with van der Waals surface area (Å²) < 4.78 is 24.9. The number of benzene rings is 3. The van der Waals surface area contributed by atoms with Crippen LogP contribution in [0.15, 0.2) is 72.8 Å². The predicted molar refractivity (Wildman–Crippen MR) is 120 cm³/mol. The van der Waals surface area contributed by atoms with Gasteiger partial charge in [0.2, 0.25) is 0 Å². The fourth-order valence-corrected chi connectivity index (χ4v) is 2.89. The van der Waals surface area contributed by atoms with E-state index in [1.807, 2.05) is 30.3 Å². The zero-order valence-electron chi connectivity index (χ0n) is 17.8. The molecular weight excluding hydrogens is 411 g/mol. The van der Waals surface area contributed by atoms with Crippen LogP contribution in [0.1, 0.15) is 26.3 Å². The summed E-state index contributed by atoms with van der Waals surface area (Å²) in [6.07, 6.45) is 0. The standard InChI is InChI=1S/C25H25FN2O4/c1-18-11-12-19(17-22(18)26)24(29)27-13-14-28-25(30)21-9-5-6-10-23(21)32-16-15-31-20-7-3-2-4-8-20/h2-12,17H,13-16H2,1H3,(H,27,29)(H,28,30). The zero-order chi connectivity index (χ0) is 22.8. The Morgan fingerprint density at radius 3 is 2.22 bits per heavy atom. The Bertz CT molecular complexity index is 1060. The van der Waals surface area contributed by atoms with Gasteiger partial charge in [0.15, 0.2) is 0 Å². The third kappa shape index (κ3) is 6.57. The maximum Gasteiger partial charge on any atom is 0.255 e. The van der Waals surface area contributed by atoms with Crippen LogP contribution in [0.25, 0.3) is 0 Å². The van der Waals surface area contributed by atoms with E-state index < -0.39 is 11.7 Å². The minimum Gasteiger partial charge on any atom is -0.490 e. The van der Waals surface area contributed by atoms with Gasteiger partial charge in [0.25, 0.3) is 11.8 Å². The molecule has 6 nitrogen and oxygen atoms in total. The normalized spacial score (nSPS) is 10.3. The van der Waals surface area contributed by atoms with Crippen LogP contribution in [-0.2, 0) is 0 Å². The number of carbonyl (C=O) groups excluding carboxylic acids is 2. The van der Waals surface area contributed by atoms with Gasteiger partial charge >= 0.3 is 0 Å². The summed E-state index contributed by atoms with van der Waals surface area (Å²) in [5, 5.41) is 5.40. The van der Waals surface area contributed by atoms with Crippen LogP contribution in [0.3, 0.4) is 0 Å². The van der Waals surface area contributed by atoms with Crippen LogP contribution in [0, 0.1) is 12.7 Å². The number of rotatable bonds is 10. The number of aryl methyl sites for hydroxylation is 1. The van der Waals surface area contributed by atoms with Crippen molar-refractivity contribution in [3.8, 4) is 11.5 Å². The number of hydrogen-bond donors (Lipinski definition) is 2. The van der Waals surface area contributed by atoms with E-state index in [-0.39, 0.29) is 31.2 Å². The Morgan fingerprint density at radius 2 is 1.47 bits per heavy atom. The number of halogens is 1. The van der Waals surface area contributed by atoms with E-state index in [4.69, 9.17) is 9.47 Å². The minimum atomic E-state index is -0.434. The second-order valence-electron chi connectivity index (χ2n) is 6.98. The molecule has 3 rings (SSSR count). The first-order valence-corrected chi connectivity index (χ1v) is 10.3. The zero-order valence-corrected chi connectivity index (χ0v) is 17.8. The lowest BCUT2D eigenvalue weighted by atomic mass is 10.1. The Morgan fingerprint density at radius 1 is 0.812 bits per heavy atom. The van der Waals surface area contributed by atoms with Crippen molar-refractivity contribution in [2.24, 2.45) is 0 Å². The van der Waals surface area contributed by atoms with Crippen molar-refractivity contribution in [3.05, 3.63) is 95.3 Å². The van der Waals surface area contributed by atoms with E-state index in [2.05, 4.69) is 10.6 Å². The highest BCUT2D eigenvalue weighted by molar-refractivity contribution is 5.97. The highest BCUT2D eigenvalue weighted by atomic mass is 19.1. The van der Waals surface area contributed by atoms with Gasteiger partial charge in [-0.15, -0.1) is 0 Å². The van der Waals surface area contributed by atoms with Crippen LogP contribution in [0.5, 0.6) is 11.5 Å².